The Balaban J connectivity index is 2.21. The number of aromatic nitrogens is 2. The summed E-state index contributed by atoms with van der Waals surface area (Å²) >= 11 is 0. The van der Waals surface area contributed by atoms with E-state index in [9.17, 15) is 14.3 Å². The van der Waals surface area contributed by atoms with Crippen LogP contribution in [0.15, 0.2) is 48.8 Å². The highest BCUT2D eigenvalue weighted by Crippen LogP contribution is 2.24. The average molecular weight is 268 g/mol. The maximum Gasteiger partial charge on any atom is 0.336 e. The fourth-order valence-corrected chi connectivity index (χ4v) is 2.04. The maximum absolute atomic E-state index is 12.9. The molecule has 3 aromatic rings. The number of carboxylic acids is 1. The van der Waals surface area contributed by atoms with Crippen LogP contribution < -0.4 is 0 Å². The molecule has 0 aliphatic heterocycles. The Bertz CT molecular complexity index is 801. The number of fused-ring (bicyclic) bond motifs is 1. The van der Waals surface area contributed by atoms with Gasteiger partial charge in [-0.3, -0.25) is 9.97 Å². The second-order valence-electron chi connectivity index (χ2n) is 4.26. The monoisotopic (exact) mass is 268 g/mol. The highest BCUT2D eigenvalue weighted by atomic mass is 19.1. The van der Waals surface area contributed by atoms with Gasteiger partial charge < -0.3 is 5.11 Å². The fourth-order valence-electron chi connectivity index (χ4n) is 2.04. The number of hydrogen-bond acceptors (Lipinski definition) is 3. The number of carbonyl (C=O) groups is 1. The summed E-state index contributed by atoms with van der Waals surface area (Å²) < 4.78 is 12.9. The predicted molar refractivity (Wildman–Crippen MR) is 71.9 cm³/mol. The van der Waals surface area contributed by atoms with E-state index in [4.69, 9.17) is 0 Å². The topological polar surface area (TPSA) is 63.1 Å². The molecule has 20 heavy (non-hydrogen) atoms. The standard InChI is InChI=1S/C15H9FN2O2/c16-10-2-4-13(18-8-10)9-1-3-14-12(7-9)11(15(19)20)5-6-17-14/h1-8H,(H,19,20). The highest BCUT2D eigenvalue weighted by Gasteiger charge is 2.10. The molecule has 0 aliphatic carbocycles. The molecule has 0 aliphatic rings. The Kier molecular flexibility index (Phi) is 2.87. The molecule has 1 aromatic carbocycles. The molecule has 0 amide bonds. The first-order chi connectivity index (χ1) is 9.65. The lowest BCUT2D eigenvalue weighted by Crippen LogP contribution is -1.98. The summed E-state index contributed by atoms with van der Waals surface area (Å²) in [6, 6.07) is 9.52. The normalized spacial score (nSPS) is 10.7. The zero-order valence-electron chi connectivity index (χ0n) is 10.2. The van der Waals surface area contributed by atoms with Crippen LogP contribution in [0.1, 0.15) is 10.4 Å². The number of hydrogen-bond donors (Lipinski definition) is 1. The molecular weight excluding hydrogens is 259 g/mol. The first-order valence-corrected chi connectivity index (χ1v) is 5.89. The molecule has 0 atom stereocenters. The lowest BCUT2D eigenvalue weighted by molar-refractivity contribution is 0.0699. The van der Waals surface area contributed by atoms with E-state index >= 15 is 0 Å². The van der Waals surface area contributed by atoms with Gasteiger partial charge in [0, 0.05) is 17.1 Å². The summed E-state index contributed by atoms with van der Waals surface area (Å²) in [5, 5.41) is 9.72. The first-order valence-electron chi connectivity index (χ1n) is 5.89. The minimum absolute atomic E-state index is 0.180. The Morgan fingerprint density at radius 3 is 2.65 bits per heavy atom. The third kappa shape index (κ3) is 2.09. The molecule has 5 heteroatoms. The van der Waals surface area contributed by atoms with E-state index in [0.717, 1.165) is 6.20 Å². The molecule has 0 radical (unpaired) electrons. The molecule has 0 fully saturated rings. The van der Waals surface area contributed by atoms with Crippen molar-refractivity contribution in [3.63, 3.8) is 0 Å². The Morgan fingerprint density at radius 1 is 1.10 bits per heavy atom. The van der Waals surface area contributed by atoms with Crippen molar-refractivity contribution in [3.05, 3.63) is 60.2 Å². The van der Waals surface area contributed by atoms with Crippen molar-refractivity contribution >= 4 is 16.9 Å². The van der Waals surface area contributed by atoms with E-state index in [0.29, 0.717) is 22.2 Å². The smallest absolute Gasteiger partial charge is 0.336 e. The molecular formula is C15H9FN2O2. The van der Waals surface area contributed by atoms with E-state index in [2.05, 4.69) is 9.97 Å². The van der Waals surface area contributed by atoms with E-state index < -0.39 is 11.8 Å². The molecule has 0 saturated carbocycles. The van der Waals surface area contributed by atoms with Crippen LogP contribution in [0.4, 0.5) is 4.39 Å². The summed E-state index contributed by atoms with van der Waals surface area (Å²) in [4.78, 5) is 19.3. The van der Waals surface area contributed by atoms with Crippen LogP contribution in [-0.4, -0.2) is 21.0 Å². The Morgan fingerprint density at radius 2 is 1.95 bits per heavy atom. The highest BCUT2D eigenvalue weighted by molar-refractivity contribution is 6.03. The summed E-state index contributed by atoms with van der Waals surface area (Å²) in [7, 11) is 0. The van der Waals surface area contributed by atoms with Crippen molar-refractivity contribution < 1.29 is 14.3 Å². The molecule has 3 rings (SSSR count). The predicted octanol–water partition coefficient (Wildman–Crippen LogP) is 3.13. The quantitative estimate of drug-likeness (QED) is 0.775. The van der Waals surface area contributed by atoms with Crippen molar-refractivity contribution in [3.8, 4) is 11.3 Å². The Hall–Kier alpha value is -2.82. The van der Waals surface area contributed by atoms with Gasteiger partial charge in [-0.05, 0) is 30.3 Å². The van der Waals surface area contributed by atoms with E-state index in [1.165, 1.54) is 18.3 Å². The summed E-state index contributed by atoms with van der Waals surface area (Å²) in [5.41, 5.74) is 2.07. The number of benzene rings is 1. The van der Waals surface area contributed by atoms with Gasteiger partial charge in [0.2, 0.25) is 0 Å². The SMILES string of the molecule is O=C(O)c1ccnc2ccc(-c3ccc(F)cn3)cc12. The van der Waals surface area contributed by atoms with Gasteiger partial charge in [-0.15, -0.1) is 0 Å². The first kappa shape index (κ1) is 12.2. The number of pyridine rings is 2. The largest absolute Gasteiger partial charge is 0.478 e. The Labute approximate surface area is 113 Å². The third-order valence-corrected chi connectivity index (χ3v) is 3.00. The van der Waals surface area contributed by atoms with Crippen molar-refractivity contribution in [2.45, 2.75) is 0 Å². The van der Waals surface area contributed by atoms with Gasteiger partial charge in [0.15, 0.2) is 0 Å². The van der Waals surface area contributed by atoms with E-state index in [1.54, 1.807) is 24.3 Å². The van der Waals surface area contributed by atoms with Crippen molar-refractivity contribution in [1.29, 1.82) is 0 Å². The number of aromatic carboxylic acids is 1. The number of carboxylic acid groups (broad SMARTS) is 1. The van der Waals surface area contributed by atoms with Gasteiger partial charge in [0.25, 0.3) is 0 Å². The van der Waals surface area contributed by atoms with Gasteiger partial charge >= 0.3 is 5.97 Å². The van der Waals surface area contributed by atoms with Gasteiger partial charge in [0.05, 0.1) is 23.0 Å². The summed E-state index contributed by atoms with van der Waals surface area (Å²) in [6.07, 6.45) is 2.59. The fraction of sp³-hybridized carbons (Fsp3) is 0. The van der Waals surface area contributed by atoms with Crippen LogP contribution in [0, 0.1) is 5.82 Å². The van der Waals surface area contributed by atoms with Crippen molar-refractivity contribution in [1.82, 2.24) is 9.97 Å². The minimum atomic E-state index is -1.01. The van der Waals surface area contributed by atoms with Crippen LogP contribution >= 0.6 is 0 Å². The third-order valence-electron chi connectivity index (χ3n) is 3.00. The second kappa shape index (κ2) is 4.70. The maximum atomic E-state index is 12.9. The molecule has 0 unspecified atom stereocenters. The van der Waals surface area contributed by atoms with Crippen LogP contribution in [0.25, 0.3) is 22.2 Å². The van der Waals surface area contributed by atoms with Crippen molar-refractivity contribution in [2.24, 2.45) is 0 Å². The number of nitrogens with zero attached hydrogens (tertiary/aromatic N) is 2. The molecule has 4 nitrogen and oxygen atoms in total. The number of rotatable bonds is 2. The van der Waals surface area contributed by atoms with Gasteiger partial charge in [-0.1, -0.05) is 6.07 Å². The lowest BCUT2D eigenvalue weighted by Gasteiger charge is -2.05. The van der Waals surface area contributed by atoms with Crippen LogP contribution in [0.3, 0.4) is 0 Å². The lowest BCUT2D eigenvalue weighted by atomic mass is 10.0. The zero-order chi connectivity index (χ0) is 14.1. The van der Waals surface area contributed by atoms with E-state index in [-0.39, 0.29) is 5.56 Å². The zero-order valence-corrected chi connectivity index (χ0v) is 10.2. The van der Waals surface area contributed by atoms with Gasteiger partial charge in [0.1, 0.15) is 5.82 Å². The van der Waals surface area contributed by atoms with Crippen LogP contribution in [0.2, 0.25) is 0 Å². The van der Waals surface area contributed by atoms with Gasteiger partial charge in [-0.25, -0.2) is 9.18 Å². The molecule has 0 saturated heterocycles. The molecule has 2 heterocycles. The number of halogens is 1. The molecule has 2 aromatic heterocycles. The second-order valence-corrected chi connectivity index (χ2v) is 4.26. The van der Waals surface area contributed by atoms with Crippen molar-refractivity contribution in [2.75, 3.05) is 0 Å². The van der Waals surface area contributed by atoms with Crippen LogP contribution in [0.5, 0.6) is 0 Å². The molecule has 98 valence electrons. The molecule has 0 bridgehead atoms. The van der Waals surface area contributed by atoms with E-state index in [1.807, 2.05) is 0 Å². The molecule has 1 N–H and O–H groups in total. The van der Waals surface area contributed by atoms with Gasteiger partial charge in [-0.2, -0.15) is 0 Å². The minimum Gasteiger partial charge on any atom is -0.478 e. The molecule has 0 spiro atoms. The summed E-state index contributed by atoms with van der Waals surface area (Å²) in [6.45, 7) is 0. The van der Waals surface area contributed by atoms with Crippen LogP contribution in [-0.2, 0) is 0 Å². The summed E-state index contributed by atoms with van der Waals surface area (Å²) in [5.74, 6) is -1.43. The average Bonchev–Trinajstić information content (AvgIpc) is 2.46.